The number of hydrogen-bond acceptors (Lipinski definition) is 4. The highest BCUT2D eigenvalue weighted by Crippen LogP contribution is 2.33. The zero-order valence-electron chi connectivity index (χ0n) is 19.1. The van der Waals surface area contributed by atoms with E-state index in [1.54, 1.807) is 35.0 Å². The van der Waals surface area contributed by atoms with Crippen LogP contribution in [-0.4, -0.2) is 25.4 Å². The van der Waals surface area contributed by atoms with Crippen molar-refractivity contribution in [3.05, 3.63) is 71.9 Å². The zero-order chi connectivity index (χ0) is 23.0. The number of carbonyl (C=O) groups excluding carboxylic acids is 1. The van der Waals surface area contributed by atoms with Crippen molar-refractivity contribution >= 4 is 11.4 Å². The van der Waals surface area contributed by atoms with E-state index in [-0.39, 0.29) is 17.5 Å². The lowest BCUT2D eigenvalue weighted by molar-refractivity contribution is -0.127. The third-order valence-electron chi connectivity index (χ3n) is 5.73. The Morgan fingerprint density at radius 1 is 1.12 bits per heavy atom. The Bertz CT molecular complexity index is 1300. The van der Waals surface area contributed by atoms with Crippen molar-refractivity contribution in [2.24, 2.45) is 5.41 Å². The first-order valence-corrected chi connectivity index (χ1v) is 10.8. The van der Waals surface area contributed by atoms with Gasteiger partial charge in [0.15, 0.2) is 5.65 Å². The average Bonchev–Trinajstić information content (AvgIpc) is 3.18. The fraction of sp³-hybridized carbons (Fsp3) is 0.308. The molecule has 32 heavy (non-hydrogen) atoms. The summed E-state index contributed by atoms with van der Waals surface area (Å²) >= 11 is 0. The largest absolute Gasteiger partial charge is 0.298 e. The summed E-state index contributed by atoms with van der Waals surface area (Å²) in [6, 6.07) is 12.2. The van der Waals surface area contributed by atoms with Crippen molar-refractivity contribution in [3.8, 4) is 22.5 Å². The number of imidazole rings is 1. The maximum absolute atomic E-state index is 14.2. The summed E-state index contributed by atoms with van der Waals surface area (Å²) in [5.74, 6) is -0.334. The van der Waals surface area contributed by atoms with Crippen LogP contribution < -0.4 is 0 Å². The highest BCUT2D eigenvalue weighted by Gasteiger charge is 2.31. The number of carbonyl (C=O) groups is 1. The molecule has 0 N–H and O–H groups in total. The lowest BCUT2D eigenvalue weighted by Crippen LogP contribution is -2.27. The van der Waals surface area contributed by atoms with E-state index in [0.29, 0.717) is 29.0 Å². The lowest BCUT2D eigenvalue weighted by Gasteiger charge is -2.25. The molecule has 0 aliphatic heterocycles. The number of aryl methyl sites for hydroxylation is 1. The summed E-state index contributed by atoms with van der Waals surface area (Å²) in [7, 11) is 0. The van der Waals surface area contributed by atoms with Gasteiger partial charge in [-0.1, -0.05) is 39.8 Å². The predicted molar refractivity (Wildman–Crippen MR) is 124 cm³/mol. The molecule has 3 heterocycles. The second kappa shape index (κ2) is 8.26. The molecule has 0 aliphatic carbocycles. The molecule has 0 fully saturated rings. The van der Waals surface area contributed by atoms with Gasteiger partial charge in [0, 0.05) is 34.4 Å². The van der Waals surface area contributed by atoms with Gasteiger partial charge in [0.1, 0.15) is 11.6 Å². The Morgan fingerprint density at radius 3 is 2.56 bits per heavy atom. The van der Waals surface area contributed by atoms with E-state index in [0.717, 1.165) is 16.8 Å². The summed E-state index contributed by atoms with van der Waals surface area (Å²) in [5.41, 5.74) is 4.50. The molecule has 4 aromatic rings. The second-order valence-electron chi connectivity index (χ2n) is 9.10. The van der Waals surface area contributed by atoms with Gasteiger partial charge < -0.3 is 0 Å². The van der Waals surface area contributed by atoms with Crippen LogP contribution in [0.2, 0.25) is 0 Å². The molecule has 5 nitrogen and oxygen atoms in total. The van der Waals surface area contributed by atoms with Crippen LogP contribution in [0.1, 0.15) is 51.3 Å². The smallest absolute Gasteiger partial charge is 0.154 e. The number of fused-ring (bicyclic) bond motifs is 1. The number of rotatable bonds is 5. The van der Waals surface area contributed by atoms with Crippen LogP contribution in [0.15, 0.2) is 54.9 Å². The minimum absolute atomic E-state index is 0.202. The van der Waals surface area contributed by atoms with Gasteiger partial charge in [-0.2, -0.15) is 5.10 Å². The third kappa shape index (κ3) is 4.05. The number of halogens is 1. The topological polar surface area (TPSA) is 60.2 Å². The van der Waals surface area contributed by atoms with E-state index >= 15 is 0 Å². The minimum atomic E-state index is -0.431. The Kier molecular flexibility index (Phi) is 5.63. The number of benzene rings is 1. The molecule has 6 heteroatoms. The van der Waals surface area contributed by atoms with Crippen LogP contribution in [0, 0.1) is 18.2 Å². The fourth-order valence-corrected chi connectivity index (χ4v) is 3.95. The first-order valence-electron chi connectivity index (χ1n) is 10.8. The van der Waals surface area contributed by atoms with Crippen molar-refractivity contribution in [1.82, 2.24) is 19.6 Å². The van der Waals surface area contributed by atoms with Gasteiger partial charge >= 0.3 is 0 Å². The molecule has 1 atom stereocenters. The van der Waals surface area contributed by atoms with E-state index in [1.807, 2.05) is 52.9 Å². The Balaban J connectivity index is 1.75. The number of Topliss-reactive ketones (excluding diaryl/α,β-unsaturated/α-hetero) is 1. The number of aromatic nitrogens is 4. The number of pyridine rings is 1. The van der Waals surface area contributed by atoms with Crippen molar-refractivity contribution < 1.29 is 9.18 Å². The molecule has 0 aliphatic rings. The maximum atomic E-state index is 14.2. The molecule has 0 amide bonds. The quantitative estimate of drug-likeness (QED) is 0.389. The van der Waals surface area contributed by atoms with Crippen molar-refractivity contribution in [3.63, 3.8) is 0 Å². The van der Waals surface area contributed by atoms with Crippen LogP contribution in [0.4, 0.5) is 4.39 Å². The van der Waals surface area contributed by atoms with Gasteiger partial charge in [0.05, 0.1) is 17.6 Å². The van der Waals surface area contributed by atoms with E-state index < -0.39 is 5.41 Å². The van der Waals surface area contributed by atoms with Crippen LogP contribution in [0.25, 0.3) is 28.2 Å². The molecule has 1 aromatic carbocycles. The second-order valence-corrected chi connectivity index (χ2v) is 9.10. The van der Waals surface area contributed by atoms with Gasteiger partial charge in [-0.3, -0.25) is 9.78 Å². The summed E-state index contributed by atoms with van der Waals surface area (Å²) in [4.78, 5) is 22.3. The molecule has 0 spiro atoms. The van der Waals surface area contributed by atoms with Crippen LogP contribution >= 0.6 is 0 Å². The number of nitrogens with zero attached hydrogens (tertiary/aromatic N) is 4. The summed E-state index contributed by atoms with van der Waals surface area (Å²) in [6.07, 6.45) is 4.29. The van der Waals surface area contributed by atoms with Crippen molar-refractivity contribution in [1.29, 1.82) is 0 Å². The molecule has 0 saturated carbocycles. The SMILES string of the molecule is CCC(C(=O)C(C)(C)C)c1cc(-c2cn3nc(-c4ccccc4F)ccc3n2)cnc1C. The highest BCUT2D eigenvalue weighted by molar-refractivity contribution is 5.90. The summed E-state index contributed by atoms with van der Waals surface area (Å²) in [5, 5.41) is 4.54. The minimum Gasteiger partial charge on any atom is -0.298 e. The standard InChI is InChI=1S/C26H27FN4O/c1-6-18(25(32)26(3,4)5)20-13-17(14-28-16(20)2)23-15-31-24(29-23)12-11-22(30-31)19-9-7-8-10-21(19)27/h7-15,18H,6H2,1-5H3. The van der Waals surface area contributed by atoms with E-state index in [9.17, 15) is 9.18 Å². The molecular formula is C26H27FN4O. The molecule has 0 saturated heterocycles. The Morgan fingerprint density at radius 2 is 1.88 bits per heavy atom. The molecular weight excluding hydrogens is 403 g/mol. The molecule has 1 unspecified atom stereocenters. The summed E-state index contributed by atoms with van der Waals surface area (Å²) in [6.45, 7) is 9.81. The lowest BCUT2D eigenvalue weighted by atomic mass is 9.78. The predicted octanol–water partition coefficient (Wildman–Crippen LogP) is 6.01. The first kappa shape index (κ1) is 21.8. The molecule has 3 aromatic heterocycles. The molecule has 0 radical (unpaired) electrons. The van der Waals surface area contributed by atoms with Crippen molar-refractivity contribution in [2.45, 2.75) is 47.0 Å². The van der Waals surface area contributed by atoms with E-state index in [2.05, 4.69) is 15.1 Å². The molecule has 164 valence electrons. The number of ketones is 1. The van der Waals surface area contributed by atoms with Gasteiger partial charge in [-0.25, -0.2) is 13.9 Å². The first-order chi connectivity index (χ1) is 15.2. The van der Waals surface area contributed by atoms with Gasteiger partial charge in [0.25, 0.3) is 0 Å². The van der Waals surface area contributed by atoms with Crippen LogP contribution in [-0.2, 0) is 4.79 Å². The molecule has 0 bridgehead atoms. The van der Waals surface area contributed by atoms with Crippen LogP contribution in [0.5, 0.6) is 0 Å². The van der Waals surface area contributed by atoms with Gasteiger partial charge in [0.2, 0.25) is 0 Å². The fourth-order valence-electron chi connectivity index (χ4n) is 3.95. The number of hydrogen-bond donors (Lipinski definition) is 0. The highest BCUT2D eigenvalue weighted by atomic mass is 19.1. The zero-order valence-corrected chi connectivity index (χ0v) is 19.1. The van der Waals surface area contributed by atoms with E-state index in [4.69, 9.17) is 0 Å². The Hall–Kier alpha value is -3.41. The van der Waals surface area contributed by atoms with Crippen molar-refractivity contribution in [2.75, 3.05) is 0 Å². The Labute approximate surface area is 187 Å². The maximum Gasteiger partial charge on any atom is 0.154 e. The van der Waals surface area contributed by atoms with Gasteiger partial charge in [-0.05, 0) is 49.2 Å². The average molecular weight is 431 g/mol. The summed E-state index contributed by atoms with van der Waals surface area (Å²) < 4.78 is 15.8. The van der Waals surface area contributed by atoms with Crippen LogP contribution in [0.3, 0.4) is 0 Å². The van der Waals surface area contributed by atoms with E-state index in [1.165, 1.54) is 6.07 Å². The normalized spacial score (nSPS) is 12.8. The third-order valence-corrected chi connectivity index (χ3v) is 5.73. The van der Waals surface area contributed by atoms with Gasteiger partial charge in [-0.15, -0.1) is 0 Å². The molecule has 4 rings (SSSR count). The monoisotopic (exact) mass is 430 g/mol.